The average Bonchev–Trinajstić information content (AvgIpc) is 2.30. The van der Waals surface area contributed by atoms with Gasteiger partial charge in [0.05, 0.1) is 28.5 Å². The molecule has 0 aromatic heterocycles. The summed E-state index contributed by atoms with van der Waals surface area (Å²) in [6, 6.07) is 5.46. The minimum atomic E-state index is 0.192. The maximum atomic E-state index is 6.05. The van der Waals surface area contributed by atoms with E-state index < -0.39 is 0 Å². The monoisotopic (exact) mass is 257 g/mol. The highest BCUT2D eigenvalue weighted by atomic mass is 35.5. The van der Waals surface area contributed by atoms with Crippen LogP contribution in [0, 0.1) is 0 Å². The molecular formula is C12H13Cl2NO. The number of hydrogen-bond acceptors (Lipinski definition) is 2. The highest BCUT2D eigenvalue weighted by Crippen LogP contribution is 2.29. The van der Waals surface area contributed by atoms with Gasteiger partial charge >= 0.3 is 0 Å². The second kappa shape index (κ2) is 5.46. The first-order valence-electron chi connectivity index (χ1n) is 5.26. The van der Waals surface area contributed by atoms with E-state index in [0.717, 1.165) is 18.5 Å². The molecule has 0 aliphatic carbocycles. The second-order valence-electron chi connectivity index (χ2n) is 3.68. The number of rotatable bonds is 3. The smallest absolute Gasteiger partial charge is 0.115 e. The molecule has 1 aliphatic rings. The number of ether oxygens (including phenoxy) is 1. The van der Waals surface area contributed by atoms with Crippen LogP contribution >= 0.6 is 23.2 Å². The summed E-state index contributed by atoms with van der Waals surface area (Å²) in [5.41, 5.74) is 0.781. The lowest BCUT2D eigenvalue weighted by Crippen LogP contribution is -2.23. The van der Waals surface area contributed by atoms with Crippen LogP contribution < -0.4 is 5.32 Å². The van der Waals surface area contributed by atoms with Gasteiger partial charge in [0.25, 0.3) is 0 Å². The highest BCUT2D eigenvalue weighted by molar-refractivity contribution is 6.39. The predicted octanol–water partition coefficient (Wildman–Crippen LogP) is 4.10. The van der Waals surface area contributed by atoms with E-state index >= 15 is 0 Å². The number of para-hydroxylation sites is 1. The normalized spacial score (nSPS) is 19.2. The van der Waals surface area contributed by atoms with Crippen molar-refractivity contribution in [2.75, 3.05) is 11.9 Å². The zero-order chi connectivity index (χ0) is 11.4. The van der Waals surface area contributed by atoms with Gasteiger partial charge in [-0.05, 0) is 31.1 Å². The topological polar surface area (TPSA) is 21.3 Å². The van der Waals surface area contributed by atoms with Crippen molar-refractivity contribution >= 4 is 28.9 Å². The largest absolute Gasteiger partial charge is 0.497 e. The van der Waals surface area contributed by atoms with Crippen LogP contribution in [0.4, 0.5) is 5.69 Å². The van der Waals surface area contributed by atoms with Crippen LogP contribution in [-0.4, -0.2) is 12.6 Å². The summed E-state index contributed by atoms with van der Waals surface area (Å²) in [4.78, 5) is 0. The maximum Gasteiger partial charge on any atom is 0.115 e. The van der Waals surface area contributed by atoms with Crippen LogP contribution in [0.3, 0.4) is 0 Å². The first kappa shape index (κ1) is 11.6. The molecule has 1 N–H and O–H groups in total. The number of halogens is 2. The van der Waals surface area contributed by atoms with Crippen molar-refractivity contribution in [3.8, 4) is 0 Å². The molecule has 1 unspecified atom stereocenters. The number of allylic oxidation sites excluding steroid dienone is 1. The molecule has 1 aliphatic heterocycles. The molecule has 1 heterocycles. The van der Waals surface area contributed by atoms with Crippen molar-refractivity contribution in [2.24, 2.45) is 0 Å². The van der Waals surface area contributed by atoms with Crippen molar-refractivity contribution in [3.63, 3.8) is 0 Å². The zero-order valence-electron chi connectivity index (χ0n) is 8.75. The first-order valence-corrected chi connectivity index (χ1v) is 6.01. The van der Waals surface area contributed by atoms with Crippen LogP contribution in [0.5, 0.6) is 0 Å². The third-order valence-corrected chi connectivity index (χ3v) is 3.12. The zero-order valence-corrected chi connectivity index (χ0v) is 10.3. The van der Waals surface area contributed by atoms with E-state index in [4.69, 9.17) is 27.9 Å². The lowest BCUT2D eigenvalue weighted by molar-refractivity contribution is 0.135. The van der Waals surface area contributed by atoms with E-state index in [2.05, 4.69) is 5.32 Å². The molecule has 2 rings (SSSR count). The first-order chi connectivity index (χ1) is 7.77. The molecule has 0 saturated carbocycles. The summed E-state index contributed by atoms with van der Waals surface area (Å²) >= 11 is 12.1. The fourth-order valence-electron chi connectivity index (χ4n) is 1.62. The SMILES string of the molecule is Clc1cccc(Cl)c1NCC1CCC=CO1. The summed E-state index contributed by atoms with van der Waals surface area (Å²) in [6.07, 6.45) is 6.05. The maximum absolute atomic E-state index is 6.05. The summed E-state index contributed by atoms with van der Waals surface area (Å²) in [5.74, 6) is 0. The molecule has 4 heteroatoms. The van der Waals surface area contributed by atoms with Crippen LogP contribution in [0.15, 0.2) is 30.5 Å². The molecule has 16 heavy (non-hydrogen) atoms. The van der Waals surface area contributed by atoms with E-state index in [1.54, 1.807) is 6.26 Å². The van der Waals surface area contributed by atoms with Gasteiger partial charge in [-0.2, -0.15) is 0 Å². The minimum absolute atomic E-state index is 0.192. The number of anilines is 1. The van der Waals surface area contributed by atoms with E-state index in [0.29, 0.717) is 16.6 Å². The van der Waals surface area contributed by atoms with Gasteiger partial charge in [0.2, 0.25) is 0 Å². The van der Waals surface area contributed by atoms with Gasteiger partial charge in [0.15, 0.2) is 0 Å². The Morgan fingerprint density at radius 2 is 2.06 bits per heavy atom. The molecule has 0 fully saturated rings. The summed E-state index contributed by atoms with van der Waals surface area (Å²) in [6.45, 7) is 0.716. The Morgan fingerprint density at radius 1 is 1.31 bits per heavy atom. The fraction of sp³-hybridized carbons (Fsp3) is 0.333. The molecule has 1 atom stereocenters. The lowest BCUT2D eigenvalue weighted by Gasteiger charge is -2.21. The van der Waals surface area contributed by atoms with Crippen molar-refractivity contribution in [1.29, 1.82) is 0 Å². The Balaban J connectivity index is 1.96. The fourth-order valence-corrected chi connectivity index (χ4v) is 2.15. The number of hydrogen-bond donors (Lipinski definition) is 1. The summed E-state index contributed by atoms with van der Waals surface area (Å²) in [7, 11) is 0. The third kappa shape index (κ3) is 2.83. The van der Waals surface area contributed by atoms with Crippen molar-refractivity contribution in [3.05, 3.63) is 40.6 Å². The summed E-state index contributed by atoms with van der Waals surface area (Å²) < 4.78 is 5.45. The molecule has 0 saturated heterocycles. The number of benzene rings is 1. The van der Waals surface area contributed by atoms with Crippen molar-refractivity contribution < 1.29 is 4.74 Å². The number of nitrogens with one attached hydrogen (secondary N) is 1. The van der Waals surface area contributed by atoms with Gasteiger partial charge < -0.3 is 10.1 Å². The van der Waals surface area contributed by atoms with Gasteiger partial charge in [-0.15, -0.1) is 0 Å². The Bertz CT molecular complexity index is 372. The molecule has 0 spiro atoms. The van der Waals surface area contributed by atoms with E-state index in [9.17, 15) is 0 Å². The molecular weight excluding hydrogens is 245 g/mol. The van der Waals surface area contributed by atoms with Gasteiger partial charge in [-0.1, -0.05) is 29.3 Å². The summed E-state index contributed by atoms with van der Waals surface area (Å²) in [5, 5.41) is 4.50. The van der Waals surface area contributed by atoms with Crippen molar-refractivity contribution in [1.82, 2.24) is 0 Å². The van der Waals surface area contributed by atoms with Crippen LogP contribution in [0.2, 0.25) is 10.0 Å². The van der Waals surface area contributed by atoms with Crippen LogP contribution in [0.1, 0.15) is 12.8 Å². The van der Waals surface area contributed by atoms with E-state index in [-0.39, 0.29) is 6.10 Å². The molecule has 0 amide bonds. The molecule has 0 bridgehead atoms. The predicted molar refractivity (Wildman–Crippen MR) is 68.2 cm³/mol. The molecule has 86 valence electrons. The lowest BCUT2D eigenvalue weighted by atomic mass is 10.1. The third-order valence-electron chi connectivity index (χ3n) is 2.49. The van der Waals surface area contributed by atoms with Crippen molar-refractivity contribution in [2.45, 2.75) is 18.9 Å². The Morgan fingerprint density at radius 3 is 2.69 bits per heavy atom. The standard InChI is InChI=1S/C12H13Cl2NO/c13-10-5-3-6-11(14)12(10)15-8-9-4-1-2-7-16-9/h2-3,5-7,9,15H,1,4,8H2. The van der Waals surface area contributed by atoms with E-state index in [1.165, 1.54) is 0 Å². The van der Waals surface area contributed by atoms with Gasteiger partial charge in [0, 0.05) is 0 Å². The van der Waals surface area contributed by atoms with Crippen LogP contribution in [-0.2, 0) is 4.74 Å². The van der Waals surface area contributed by atoms with Gasteiger partial charge in [0.1, 0.15) is 6.10 Å². The Hall–Kier alpha value is -0.860. The van der Waals surface area contributed by atoms with Gasteiger partial charge in [-0.25, -0.2) is 0 Å². The average molecular weight is 258 g/mol. The second-order valence-corrected chi connectivity index (χ2v) is 4.50. The Labute approximate surface area is 105 Å². The molecule has 1 aromatic rings. The molecule has 1 aromatic carbocycles. The van der Waals surface area contributed by atoms with E-state index in [1.807, 2.05) is 24.3 Å². The van der Waals surface area contributed by atoms with Crippen LogP contribution in [0.25, 0.3) is 0 Å². The molecule has 2 nitrogen and oxygen atoms in total. The minimum Gasteiger partial charge on any atom is -0.497 e. The van der Waals surface area contributed by atoms with Gasteiger partial charge in [-0.3, -0.25) is 0 Å². The molecule has 0 radical (unpaired) electrons. The highest BCUT2D eigenvalue weighted by Gasteiger charge is 2.12. The Kier molecular flexibility index (Phi) is 3.97. The quantitative estimate of drug-likeness (QED) is 0.881.